The Morgan fingerprint density at radius 2 is 2.05 bits per heavy atom. The van der Waals surface area contributed by atoms with E-state index in [0.29, 0.717) is 12.4 Å². The molecular formula is C15H23NO3. The second-order valence-electron chi connectivity index (χ2n) is 5.15. The van der Waals surface area contributed by atoms with Crippen LogP contribution in [0.4, 0.5) is 0 Å². The summed E-state index contributed by atoms with van der Waals surface area (Å²) in [4.78, 5) is 2.26. The molecule has 1 aliphatic rings. The van der Waals surface area contributed by atoms with Crippen molar-refractivity contribution in [3.8, 4) is 11.5 Å². The van der Waals surface area contributed by atoms with E-state index in [9.17, 15) is 10.2 Å². The number of phenolic OH excluding ortho intramolecular Hbond substituents is 1. The van der Waals surface area contributed by atoms with Crippen LogP contribution in [0.5, 0.6) is 11.5 Å². The molecular weight excluding hydrogens is 242 g/mol. The SMILES string of the molecule is CCCOc1ccc(CN2CCC(O)CC2)c(O)c1. The first kappa shape index (κ1) is 14.2. The zero-order valence-corrected chi connectivity index (χ0v) is 11.5. The highest BCUT2D eigenvalue weighted by Gasteiger charge is 2.18. The van der Waals surface area contributed by atoms with Crippen LogP contribution in [0.25, 0.3) is 0 Å². The Balaban J connectivity index is 1.93. The summed E-state index contributed by atoms with van der Waals surface area (Å²) in [7, 11) is 0. The van der Waals surface area contributed by atoms with E-state index in [1.807, 2.05) is 12.1 Å². The van der Waals surface area contributed by atoms with Crippen molar-refractivity contribution in [1.29, 1.82) is 0 Å². The maximum atomic E-state index is 10.0. The zero-order valence-electron chi connectivity index (χ0n) is 11.5. The fourth-order valence-electron chi connectivity index (χ4n) is 2.31. The van der Waals surface area contributed by atoms with Crippen molar-refractivity contribution in [3.63, 3.8) is 0 Å². The number of nitrogens with zero attached hydrogens (tertiary/aromatic N) is 1. The van der Waals surface area contributed by atoms with Crippen molar-refractivity contribution in [2.24, 2.45) is 0 Å². The molecule has 0 aromatic heterocycles. The van der Waals surface area contributed by atoms with E-state index in [-0.39, 0.29) is 6.10 Å². The van der Waals surface area contributed by atoms with Crippen molar-refractivity contribution in [2.45, 2.75) is 38.8 Å². The lowest BCUT2D eigenvalue weighted by Gasteiger charge is -2.29. The summed E-state index contributed by atoms with van der Waals surface area (Å²) in [6, 6.07) is 5.51. The van der Waals surface area contributed by atoms with E-state index < -0.39 is 0 Å². The molecule has 2 N–H and O–H groups in total. The number of phenols is 1. The number of piperidine rings is 1. The molecule has 1 fully saturated rings. The van der Waals surface area contributed by atoms with Gasteiger partial charge in [-0.25, -0.2) is 0 Å². The number of rotatable bonds is 5. The molecule has 106 valence electrons. The van der Waals surface area contributed by atoms with Crippen LogP contribution >= 0.6 is 0 Å². The first-order valence-electron chi connectivity index (χ1n) is 7.04. The molecule has 4 nitrogen and oxygen atoms in total. The van der Waals surface area contributed by atoms with Gasteiger partial charge in [0.25, 0.3) is 0 Å². The highest BCUT2D eigenvalue weighted by atomic mass is 16.5. The number of hydrogen-bond acceptors (Lipinski definition) is 4. The Kier molecular flexibility index (Phi) is 5.05. The predicted octanol–water partition coefficient (Wildman–Crippen LogP) is 2.14. The lowest BCUT2D eigenvalue weighted by atomic mass is 10.1. The molecule has 2 rings (SSSR count). The van der Waals surface area contributed by atoms with Gasteiger partial charge in [-0.3, -0.25) is 4.90 Å². The number of ether oxygens (including phenoxy) is 1. The average Bonchev–Trinajstić information content (AvgIpc) is 2.41. The third-order valence-corrected chi connectivity index (χ3v) is 3.48. The van der Waals surface area contributed by atoms with Gasteiger partial charge in [-0.2, -0.15) is 0 Å². The largest absolute Gasteiger partial charge is 0.507 e. The molecule has 1 saturated heterocycles. The summed E-state index contributed by atoms with van der Waals surface area (Å²) in [5.41, 5.74) is 0.917. The van der Waals surface area contributed by atoms with Gasteiger partial charge < -0.3 is 14.9 Å². The number of hydrogen-bond donors (Lipinski definition) is 2. The Bertz CT molecular complexity index is 400. The summed E-state index contributed by atoms with van der Waals surface area (Å²) in [5, 5.41) is 19.5. The van der Waals surface area contributed by atoms with Crippen LogP contribution in [0.15, 0.2) is 18.2 Å². The van der Waals surface area contributed by atoms with Crippen LogP contribution in [0.2, 0.25) is 0 Å². The van der Waals surface area contributed by atoms with Gasteiger partial charge in [0, 0.05) is 31.3 Å². The number of aliphatic hydroxyl groups is 1. The molecule has 1 aromatic rings. The maximum absolute atomic E-state index is 10.0. The quantitative estimate of drug-likeness (QED) is 0.856. The number of aliphatic hydroxyl groups excluding tert-OH is 1. The number of likely N-dealkylation sites (tertiary alicyclic amines) is 1. The van der Waals surface area contributed by atoms with Crippen LogP contribution < -0.4 is 4.74 Å². The van der Waals surface area contributed by atoms with Gasteiger partial charge in [0.05, 0.1) is 12.7 Å². The lowest BCUT2D eigenvalue weighted by Crippen LogP contribution is -2.35. The fourth-order valence-corrected chi connectivity index (χ4v) is 2.31. The predicted molar refractivity (Wildman–Crippen MR) is 74.4 cm³/mol. The summed E-state index contributed by atoms with van der Waals surface area (Å²) >= 11 is 0. The summed E-state index contributed by atoms with van der Waals surface area (Å²) in [6.45, 7) is 5.22. The van der Waals surface area contributed by atoms with Crippen molar-refractivity contribution < 1.29 is 14.9 Å². The van der Waals surface area contributed by atoms with Gasteiger partial charge in [0.15, 0.2) is 0 Å². The smallest absolute Gasteiger partial charge is 0.123 e. The van der Waals surface area contributed by atoms with E-state index >= 15 is 0 Å². The molecule has 19 heavy (non-hydrogen) atoms. The van der Waals surface area contributed by atoms with Gasteiger partial charge >= 0.3 is 0 Å². The highest BCUT2D eigenvalue weighted by Crippen LogP contribution is 2.26. The molecule has 0 spiro atoms. The standard InChI is InChI=1S/C15H23NO3/c1-2-9-19-14-4-3-12(15(18)10-14)11-16-7-5-13(17)6-8-16/h3-4,10,13,17-18H,2,5-9,11H2,1H3. The first-order valence-corrected chi connectivity index (χ1v) is 7.04. The average molecular weight is 265 g/mol. The normalized spacial score (nSPS) is 17.6. The summed E-state index contributed by atoms with van der Waals surface area (Å²) in [5.74, 6) is 1.01. The van der Waals surface area contributed by atoms with E-state index in [1.54, 1.807) is 6.07 Å². The van der Waals surface area contributed by atoms with Gasteiger partial charge in [-0.05, 0) is 25.3 Å². The van der Waals surface area contributed by atoms with Crippen molar-refractivity contribution in [3.05, 3.63) is 23.8 Å². The minimum Gasteiger partial charge on any atom is -0.507 e. The van der Waals surface area contributed by atoms with Crippen molar-refractivity contribution in [1.82, 2.24) is 4.90 Å². The molecule has 0 amide bonds. The molecule has 1 aliphatic heterocycles. The Labute approximate surface area is 114 Å². The van der Waals surface area contributed by atoms with E-state index in [1.165, 1.54) is 0 Å². The molecule has 0 unspecified atom stereocenters. The maximum Gasteiger partial charge on any atom is 0.123 e. The Morgan fingerprint density at radius 1 is 1.32 bits per heavy atom. The van der Waals surface area contributed by atoms with Crippen LogP contribution in [0, 0.1) is 0 Å². The summed E-state index contributed by atoms with van der Waals surface area (Å²) < 4.78 is 5.49. The van der Waals surface area contributed by atoms with Gasteiger partial charge in [0.1, 0.15) is 11.5 Å². The molecule has 1 heterocycles. The van der Waals surface area contributed by atoms with Gasteiger partial charge in [-0.1, -0.05) is 13.0 Å². The molecule has 4 heteroatoms. The van der Waals surface area contributed by atoms with Crippen LogP contribution in [0.3, 0.4) is 0 Å². The van der Waals surface area contributed by atoms with Crippen LogP contribution in [-0.2, 0) is 6.54 Å². The molecule has 1 aromatic carbocycles. The fraction of sp³-hybridized carbons (Fsp3) is 0.600. The number of benzene rings is 1. The Hall–Kier alpha value is -1.26. The molecule has 0 saturated carbocycles. The lowest BCUT2D eigenvalue weighted by molar-refractivity contribution is 0.0789. The van der Waals surface area contributed by atoms with E-state index in [2.05, 4.69) is 11.8 Å². The topological polar surface area (TPSA) is 52.9 Å². The third kappa shape index (κ3) is 4.11. The Morgan fingerprint density at radius 3 is 2.68 bits per heavy atom. The monoisotopic (exact) mass is 265 g/mol. The zero-order chi connectivity index (χ0) is 13.7. The minimum atomic E-state index is -0.158. The molecule has 0 bridgehead atoms. The van der Waals surface area contributed by atoms with Crippen molar-refractivity contribution in [2.75, 3.05) is 19.7 Å². The first-order chi connectivity index (χ1) is 9.19. The van der Waals surface area contributed by atoms with E-state index in [0.717, 1.165) is 50.2 Å². The third-order valence-electron chi connectivity index (χ3n) is 3.48. The van der Waals surface area contributed by atoms with Crippen LogP contribution in [-0.4, -0.2) is 40.9 Å². The number of aromatic hydroxyl groups is 1. The van der Waals surface area contributed by atoms with Crippen molar-refractivity contribution >= 4 is 0 Å². The molecule has 0 radical (unpaired) electrons. The van der Waals surface area contributed by atoms with E-state index in [4.69, 9.17) is 4.74 Å². The summed E-state index contributed by atoms with van der Waals surface area (Å²) in [6.07, 6.45) is 2.44. The van der Waals surface area contributed by atoms with Gasteiger partial charge in [0.2, 0.25) is 0 Å². The second kappa shape index (κ2) is 6.78. The second-order valence-corrected chi connectivity index (χ2v) is 5.15. The highest BCUT2D eigenvalue weighted by molar-refractivity contribution is 5.39. The van der Waals surface area contributed by atoms with Crippen LogP contribution in [0.1, 0.15) is 31.7 Å². The molecule has 0 atom stereocenters. The molecule has 0 aliphatic carbocycles. The van der Waals surface area contributed by atoms with Gasteiger partial charge in [-0.15, -0.1) is 0 Å². The minimum absolute atomic E-state index is 0.158.